The summed E-state index contributed by atoms with van der Waals surface area (Å²) in [5.41, 5.74) is 1.54. The van der Waals surface area contributed by atoms with Gasteiger partial charge < -0.3 is 6.92 Å². The van der Waals surface area contributed by atoms with Crippen molar-refractivity contribution in [2.24, 2.45) is 0 Å². The number of hydrogen-bond donors (Lipinski definition) is 0. The first-order chi connectivity index (χ1) is 6.24. The average Bonchev–Trinajstić information content (AvgIpc) is 2.15. The Labute approximate surface area is 99.4 Å². The van der Waals surface area contributed by atoms with Crippen LogP contribution in [-0.4, -0.2) is 9.97 Å². The Balaban J connectivity index is 0.00000169. The number of allylic oxidation sites excluding steroid dienone is 2. The second-order valence-corrected chi connectivity index (χ2v) is 2.72. The molecule has 1 aromatic heterocycles. The molecule has 0 N–H and O–H groups in total. The second kappa shape index (κ2) is 6.67. The summed E-state index contributed by atoms with van der Waals surface area (Å²) in [6, 6.07) is 3.03. The van der Waals surface area contributed by atoms with Crippen LogP contribution in [0.1, 0.15) is 24.2 Å². The summed E-state index contributed by atoms with van der Waals surface area (Å²) in [7, 11) is 0. The quantitative estimate of drug-likeness (QED) is 0.614. The van der Waals surface area contributed by atoms with Crippen molar-refractivity contribution < 1.29 is 21.1 Å². The number of nitrogens with zero attached hydrogens (tertiary/aromatic N) is 2. The van der Waals surface area contributed by atoms with Crippen LogP contribution in [0.3, 0.4) is 0 Å². The molecule has 0 saturated carbocycles. The Morgan fingerprint density at radius 3 is 2.86 bits per heavy atom. The summed E-state index contributed by atoms with van der Waals surface area (Å²) in [5, 5.41) is 0. The maximum Gasteiger partial charge on any atom is 0.110 e. The molecule has 0 aliphatic rings. The van der Waals surface area contributed by atoms with Crippen LogP contribution in [0.4, 0.5) is 0 Å². The van der Waals surface area contributed by atoms with E-state index in [9.17, 15) is 0 Å². The van der Waals surface area contributed by atoms with Crippen molar-refractivity contribution in [1.29, 1.82) is 0 Å². The minimum atomic E-state index is 0. The summed E-state index contributed by atoms with van der Waals surface area (Å²) in [6.45, 7) is 11.0. The zero-order valence-corrected chi connectivity index (χ0v) is 10.9. The van der Waals surface area contributed by atoms with E-state index in [-0.39, 0.29) is 27.0 Å². The fraction of sp³-hybridized carbons (Fsp3) is 0.182. The van der Waals surface area contributed by atoms with Crippen molar-refractivity contribution in [2.75, 3.05) is 0 Å². The molecule has 0 bridgehead atoms. The predicted octanol–water partition coefficient (Wildman–Crippen LogP) is 2.21. The molecule has 1 rings (SSSR count). The van der Waals surface area contributed by atoms with Crippen LogP contribution in [0.25, 0.3) is 6.08 Å². The van der Waals surface area contributed by atoms with Gasteiger partial charge in [0.1, 0.15) is 6.33 Å². The molecule has 14 heavy (non-hydrogen) atoms. The SMILES string of the molecule is [CH-]=C/C=C\c1[c-]c(C([CH2-])C)ncn1.[W]. The van der Waals surface area contributed by atoms with E-state index < -0.39 is 0 Å². The van der Waals surface area contributed by atoms with Gasteiger partial charge in [0.2, 0.25) is 0 Å². The Morgan fingerprint density at radius 1 is 1.57 bits per heavy atom. The topological polar surface area (TPSA) is 25.8 Å². The Hall–Kier alpha value is -0.752. The standard InChI is InChI=1S/C11H11N2.W/c1-4-5-6-10-7-11(9(2)3)13-8-12-10;/h1,4-6,8-9H,2H2,3H3;/q-3;/b6-5-;. The van der Waals surface area contributed by atoms with Gasteiger partial charge in [0.05, 0.1) is 0 Å². The third-order valence-electron chi connectivity index (χ3n) is 1.48. The summed E-state index contributed by atoms with van der Waals surface area (Å²) < 4.78 is 0. The van der Waals surface area contributed by atoms with Gasteiger partial charge in [0.15, 0.2) is 0 Å². The minimum absolute atomic E-state index is 0. The zero-order valence-electron chi connectivity index (χ0n) is 7.97. The van der Waals surface area contributed by atoms with Gasteiger partial charge in [-0.15, -0.1) is 11.6 Å². The van der Waals surface area contributed by atoms with Gasteiger partial charge in [0, 0.05) is 21.1 Å². The van der Waals surface area contributed by atoms with Crippen LogP contribution in [0, 0.1) is 19.6 Å². The normalized spacial score (nSPS) is 12.1. The van der Waals surface area contributed by atoms with Gasteiger partial charge in [-0.05, 0) is 0 Å². The van der Waals surface area contributed by atoms with Crippen molar-refractivity contribution in [3.05, 3.63) is 49.4 Å². The summed E-state index contributed by atoms with van der Waals surface area (Å²) in [4.78, 5) is 8.04. The summed E-state index contributed by atoms with van der Waals surface area (Å²) in [6.07, 6.45) is 6.43. The van der Waals surface area contributed by atoms with Gasteiger partial charge in [-0.25, -0.2) is 6.07 Å². The van der Waals surface area contributed by atoms with E-state index in [2.05, 4.69) is 23.0 Å². The largest absolute Gasteiger partial charge is 0.336 e. The third-order valence-corrected chi connectivity index (χ3v) is 1.48. The van der Waals surface area contributed by atoms with Crippen molar-refractivity contribution in [2.45, 2.75) is 12.8 Å². The molecule has 0 radical (unpaired) electrons. The van der Waals surface area contributed by atoms with Crippen molar-refractivity contribution >= 4 is 6.08 Å². The maximum absolute atomic E-state index is 5.19. The fourth-order valence-corrected chi connectivity index (χ4v) is 0.831. The molecule has 0 amide bonds. The van der Waals surface area contributed by atoms with E-state index >= 15 is 0 Å². The Morgan fingerprint density at radius 2 is 2.29 bits per heavy atom. The van der Waals surface area contributed by atoms with E-state index in [0.29, 0.717) is 0 Å². The molecule has 74 valence electrons. The molecular formula is C11H11N2W-3. The van der Waals surface area contributed by atoms with Crippen LogP contribution in [0.15, 0.2) is 18.5 Å². The first kappa shape index (κ1) is 13.2. The molecule has 0 fully saturated rings. The number of hydrogen-bond acceptors (Lipinski definition) is 2. The van der Waals surface area contributed by atoms with Crippen molar-refractivity contribution in [3.8, 4) is 0 Å². The second-order valence-electron chi connectivity index (χ2n) is 2.72. The van der Waals surface area contributed by atoms with Crippen LogP contribution < -0.4 is 0 Å². The van der Waals surface area contributed by atoms with E-state index in [1.54, 1.807) is 12.2 Å². The van der Waals surface area contributed by atoms with Crippen LogP contribution >= 0.6 is 0 Å². The van der Waals surface area contributed by atoms with Crippen molar-refractivity contribution in [3.63, 3.8) is 0 Å². The van der Waals surface area contributed by atoms with Crippen LogP contribution in [0.5, 0.6) is 0 Å². The molecule has 1 unspecified atom stereocenters. The first-order valence-electron chi connectivity index (χ1n) is 4.03. The third kappa shape index (κ3) is 3.97. The van der Waals surface area contributed by atoms with Gasteiger partial charge in [0.25, 0.3) is 0 Å². The van der Waals surface area contributed by atoms with E-state index in [0.717, 1.165) is 11.4 Å². The molecular weight excluding hydrogens is 344 g/mol. The van der Waals surface area contributed by atoms with E-state index in [1.165, 1.54) is 12.4 Å². The van der Waals surface area contributed by atoms with Gasteiger partial charge in [-0.2, -0.15) is 0 Å². The molecule has 2 nitrogen and oxygen atoms in total. The van der Waals surface area contributed by atoms with Gasteiger partial charge in [-0.3, -0.25) is 34.8 Å². The molecule has 3 heteroatoms. The van der Waals surface area contributed by atoms with Crippen molar-refractivity contribution in [1.82, 2.24) is 9.97 Å². The Bertz CT molecular complexity index is 319. The monoisotopic (exact) mass is 355 g/mol. The molecule has 1 atom stereocenters. The molecule has 0 aliphatic heterocycles. The Kier molecular flexibility index (Phi) is 6.31. The summed E-state index contributed by atoms with van der Waals surface area (Å²) >= 11 is 0. The van der Waals surface area contributed by atoms with Gasteiger partial charge in [-0.1, -0.05) is 12.6 Å². The average molecular weight is 355 g/mol. The maximum atomic E-state index is 5.19. The first-order valence-corrected chi connectivity index (χ1v) is 4.03. The molecule has 0 spiro atoms. The predicted molar refractivity (Wildman–Crippen MR) is 52.5 cm³/mol. The molecule has 1 heterocycles. The number of aromatic nitrogens is 2. The smallest absolute Gasteiger partial charge is 0.110 e. The molecule has 1 aromatic rings. The van der Waals surface area contributed by atoms with Crippen LogP contribution in [0.2, 0.25) is 0 Å². The molecule has 0 aliphatic carbocycles. The van der Waals surface area contributed by atoms with E-state index in [1.807, 2.05) is 6.92 Å². The van der Waals surface area contributed by atoms with Gasteiger partial charge >= 0.3 is 0 Å². The fourth-order valence-electron chi connectivity index (χ4n) is 0.831. The van der Waals surface area contributed by atoms with Crippen LogP contribution in [-0.2, 0) is 21.1 Å². The summed E-state index contributed by atoms with van der Waals surface area (Å²) in [5.74, 6) is 0.122. The number of rotatable bonds is 3. The molecule has 0 saturated heterocycles. The van der Waals surface area contributed by atoms with E-state index in [4.69, 9.17) is 6.58 Å². The zero-order chi connectivity index (χ0) is 9.68. The molecule has 0 aromatic carbocycles. The minimum Gasteiger partial charge on any atom is -0.336 e.